The molecule has 0 unspecified atom stereocenters. The first-order valence-electron chi connectivity index (χ1n) is 9.47. The molecule has 1 nitrogen and oxygen atoms in total. The quantitative estimate of drug-likeness (QED) is 0.442. The molecule has 0 aliphatic carbocycles. The Morgan fingerprint density at radius 3 is 1.52 bits per heavy atom. The zero-order chi connectivity index (χ0) is 17.3. The lowest BCUT2D eigenvalue weighted by Crippen LogP contribution is -2.36. The summed E-state index contributed by atoms with van der Waals surface area (Å²) in [5, 5.41) is 2.77. The minimum atomic E-state index is 0. The lowest BCUT2D eigenvalue weighted by atomic mass is 9.79. The average Bonchev–Trinajstić information content (AvgIpc) is 2.88. The van der Waals surface area contributed by atoms with Crippen molar-refractivity contribution in [1.82, 2.24) is 4.57 Å². The molecule has 0 N–H and O–H groups in total. The van der Waals surface area contributed by atoms with Crippen LogP contribution in [0.3, 0.4) is 0 Å². The molecule has 3 aromatic rings. The van der Waals surface area contributed by atoms with Gasteiger partial charge in [0.2, 0.25) is 0 Å². The summed E-state index contributed by atoms with van der Waals surface area (Å²) < 4.78 is 2.68. The van der Waals surface area contributed by atoms with Crippen molar-refractivity contribution in [3.8, 4) is 0 Å². The van der Waals surface area contributed by atoms with Crippen molar-refractivity contribution in [3.05, 3.63) is 48.5 Å². The maximum Gasteiger partial charge on any atom is 0.0496 e. The van der Waals surface area contributed by atoms with E-state index in [1.54, 1.807) is 0 Å². The van der Waals surface area contributed by atoms with Crippen molar-refractivity contribution in [1.29, 1.82) is 0 Å². The molecule has 0 bridgehead atoms. The van der Waals surface area contributed by atoms with Crippen LogP contribution < -0.4 is 0 Å². The third-order valence-electron chi connectivity index (χ3n) is 5.29. The van der Waals surface area contributed by atoms with Crippen LogP contribution in [-0.4, -0.2) is 21.9 Å². The lowest BCUT2D eigenvalue weighted by Gasteiger charge is -2.39. The minimum absolute atomic E-state index is 0. The van der Waals surface area contributed by atoms with Gasteiger partial charge in [-0.1, -0.05) is 71.0 Å². The third-order valence-corrected chi connectivity index (χ3v) is 5.29. The van der Waals surface area contributed by atoms with Crippen molar-refractivity contribution in [2.24, 2.45) is 11.8 Å². The highest BCUT2D eigenvalue weighted by atomic mass is 27.0. The first-order valence-corrected chi connectivity index (χ1v) is 9.47. The predicted octanol–water partition coefficient (Wildman–Crippen LogP) is 6.61. The summed E-state index contributed by atoms with van der Waals surface area (Å²) >= 11 is 0. The summed E-state index contributed by atoms with van der Waals surface area (Å²) in [6, 6.07) is 17.9. The van der Waals surface area contributed by atoms with E-state index in [0.717, 1.165) is 0 Å². The van der Waals surface area contributed by atoms with Crippen LogP contribution in [-0.2, 0) is 5.54 Å². The van der Waals surface area contributed by atoms with Crippen molar-refractivity contribution in [2.45, 2.75) is 59.4 Å². The van der Waals surface area contributed by atoms with Gasteiger partial charge in [0.15, 0.2) is 0 Å². The molecule has 1 aromatic heterocycles. The topological polar surface area (TPSA) is 4.93 Å². The van der Waals surface area contributed by atoms with Gasteiger partial charge in [-0.05, 0) is 43.2 Å². The van der Waals surface area contributed by atoms with Crippen molar-refractivity contribution in [2.75, 3.05) is 0 Å². The van der Waals surface area contributed by atoms with E-state index in [9.17, 15) is 0 Å². The standard InChI is InChI=1S/C23H31N.Al/c1-6-23(15-17(2)3,16-18(4)5)24-21-13-9-7-11-19(21)20-12-8-10-14-22(20)24;/h7-14,17-18H,6,15-16H2,1-5H3;. The number of hydrogen-bond acceptors (Lipinski definition) is 0. The monoisotopic (exact) mass is 348 g/mol. The normalized spacial score (nSPS) is 12.3. The number of nitrogens with zero attached hydrogens (tertiary/aromatic N) is 1. The number of fused-ring (bicyclic) bond motifs is 3. The van der Waals surface area contributed by atoms with E-state index in [-0.39, 0.29) is 22.9 Å². The average molecular weight is 348 g/mol. The maximum atomic E-state index is 2.68. The molecule has 25 heavy (non-hydrogen) atoms. The first kappa shape index (κ1) is 20.1. The van der Waals surface area contributed by atoms with Gasteiger partial charge in [-0.25, -0.2) is 0 Å². The van der Waals surface area contributed by atoms with Gasteiger partial charge in [-0.2, -0.15) is 0 Å². The number of benzene rings is 2. The fraction of sp³-hybridized carbons (Fsp3) is 0.478. The summed E-state index contributed by atoms with van der Waals surface area (Å²) in [7, 11) is 0. The second-order valence-corrected chi connectivity index (χ2v) is 8.14. The third kappa shape index (κ3) is 3.67. The summed E-state index contributed by atoms with van der Waals surface area (Å²) in [5.41, 5.74) is 2.97. The maximum absolute atomic E-state index is 2.68. The largest absolute Gasteiger partial charge is 0.334 e. The number of aromatic nitrogens is 1. The SMILES string of the molecule is CCC(CC(C)C)(CC(C)C)n1c2ccccc2c2ccccc21.[Al]. The number of hydrogen-bond donors (Lipinski definition) is 0. The fourth-order valence-corrected chi connectivity index (χ4v) is 4.67. The second kappa shape index (κ2) is 7.98. The molecule has 131 valence electrons. The molecule has 0 aliphatic heterocycles. The molecule has 0 spiro atoms. The van der Waals surface area contributed by atoms with E-state index in [4.69, 9.17) is 0 Å². The molecule has 0 aliphatic rings. The van der Waals surface area contributed by atoms with Crippen LogP contribution in [0.4, 0.5) is 0 Å². The van der Waals surface area contributed by atoms with Crippen LogP contribution in [0.5, 0.6) is 0 Å². The van der Waals surface area contributed by atoms with E-state index >= 15 is 0 Å². The zero-order valence-corrected chi connectivity index (χ0v) is 17.6. The minimum Gasteiger partial charge on any atom is -0.334 e. The first-order chi connectivity index (χ1) is 11.5. The Bertz CT molecular complexity index is 765. The van der Waals surface area contributed by atoms with Crippen LogP contribution in [0.15, 0.2) is 48.5 Å². The number of rotatable bonds is 6. The summed E-state index contributed by atoms with van der Waals surface area (Å²) in [4.78, 5) is 0. The van der Waals surface area contributed by atoms with Crippen LogP contribution in [0.2, 0.25) is 0 Å². The molecule has 1 heterocycles. The molecule has 3 rings (SSSR count). The van der Waals surface area contributed by atoms with E-state index < -0.39 is 0 Å². The molecule has 3 radical (unpaired) electrons. The van der Waals surface area contributed by atoms with Crippen molar-refractivity contribution in [3.63, 3.8) is 0 Å². The van der Waals surface area contributed by atoms with E-state index in [1.807, 2.05) is 0 Å². The van der Waals surface area contributed by atoms with Gasteiger partial charge in [-0.3, -0.25) is 0 Å². The van der Waals surface area contributed by atoms with Gasteiger partial charge in [0, 0.05) is 44.7 Å². The molecule has 0 saturated carbocycles. The van der Waals surface area contributed by atoms with Gasteiger partial charge in [0.25, 0.3) is 0 Å². The van der Waals surface area contributed by atoms with Crippen molar-refractivity contribution >= 4 is 39.2 Å². The summed E-state index contributed by atoms with van der Waals surface area (Å²) in [5.74, 6) is 1.37. The molecule has 0 atom stereocenters. The molecule has 0 fully saturated rings. The molecule has 2 aromatic carbocycles. The van der Waals surface area contributed by atoms with Gasteiger partial charge >= 0.3 is 0 Å². The Kier molecular flexibility index (Phi) is 6.41. The molecule has 2 heteroatoms. The number of para-hydroxylation sites is 2. The highest BCUT2D eigenvalue weighted by Crippen LogP contribution is 2.42. The highest BCUT2D eigenvalue weighted by molar-refractivity contribution is 6.08. The second-order valence-electron chi connectivity index (χ2n) is 8.14. The smallest absolute Gasteiger partial charge is 0.0496 e. The van der Waals surface area contributed by atoms with Gasteiger partial charge in [0.1, 0.15) is 0 Å². The summed E-state index contributed by atoms with van der Waals surface area (Å²) in [6.07, 6.45) is 3.63. The zero-order valence-electron chi connectivity index (χ0n) is 16.4. The van der Waals surface area contributed by atoms with Crippen LogP contribution in [0, 0.1) is 11.8 Å². The van der Waals surface area contributed by atoms with Crippen molar-refractivity contribution < 1.29 is 0 Å². The Morgan fingerprint density at radius 2 is 1.16 bits per heavy atom. The highest BCUT2D eigenvalue weighted by Gasteiger charge is 2.34. The van der Waals surface area contributed by atoms with Crippen LogP contribution >= 0.6 is 0 Å². The van der Waals surface area contributed by atoms with Crippen LogP contribution in [0.1, 0.15) is 53.9 Å². The Morgan fingerprint density at radius 1 is 0.760 bits per heavy atom. The summed E-state index contributed by atoms with van der Waals surface area (Å²) in [6.45, 7) is 11.8. The molecule has 0 amide bonds. The van der Waals surface area contributed by atoms with E-state index in [1.165, 1.54) is 41.1 Å². The van der Waals surface area contributed by atoms with Gasteiger partial charge in [0.05, 0.1) is 0 Å². The predicted molar refractivity (Wildman–Crippen MR) is 112 cm³/mol. The molecule has 0 saturated heterocycles. The van der Waals surface area contributed by atoms with Gasteiger partial charge < -0.3 is 4.57 Å². The Labute approximate surface area is 163 Å². The Balaban J connectivity index is 0.00000225. The van der Waals surface area contributed by atoms with E-state index in [2.05, 4.69) is 87.7 Å². The Hall–Kier alpha value is -1.23. The van der Waals surface area contributed by atoms with Crippen LogP contribution in [0.25, 0.3) is 21.8 Å². The molecular weight excluding hydrogens is 317 g/mol. The lowest BCUT2D eigenvalue weighted by molar-refractivity contribution is 0.189. The fourth-order valence-electron chi connectivity index (χ4n) is 4.67. The van der Waals surface area contributed by atoms with Gasteiger partial charge in [-0.15, -0.1) is 0 Å². The van der Waals surface area contributed by atoms with E-state index in [0.29, 0.717) is 11.8 Å². The molecular formula is C23H31AlN.